The van der Waals surface area contributed by atoms with E-state index in [2.05, 4.69) is 9.88 Å². The molecule has 29 heavy (non-hydrogen) atoms. The highest BCUT2D eigenvalue weighted by molar-refractivity contribution is 6.37. The van der Waals surface area contributed by atoms with Gasteiger partial charge in [-0.2, -0.15) is 0 Å². The van der Waals surface area contributed by atoms with Crippen LogP contribution in [0.25, 0.3) is 10.9 Å². The molecule has 1 saturated heterocycles. The molecule has 2 aromatic rings. The van der Waals surface area contributed by atoms with Crippen LogP contribution in [-0.2, 0) is 6.54 Å². The van der Waals surface area contributed by atoms with Crippen molar-refractivity contribution in [3.05, 3.63) is 35.0 Å². The van der Waals surface area contributed by atoms with E-state index in [1.54, 1.807) is 6.07 Å². The number of benzene rings is 1. The van der Waals surface area contributed by atoms with Gasteiger partial charge in [0.1, 0.15) is 0 Å². The van der Waals surface area contributed by atoms with Gasteiger partial charge < -0.3 is 15.0 Å². The van der Waals surface area contributed by atoms with E-state index >= 15 is 0 Å². The molecule has 4 rings (SSSR count). The van der Waals surface area contributed by atoms with Gasteiger partial charge in [0.2, 0.25) is 0 Å². The van der Waals surface area contributed by atoms with Gasteiger partial charge in [0.15, 0.2) is 5.78 Å². The fourth-order valence-corrected chi connectivity index (χ4v) is 5.12. The summed E-state index contributed by atoms with van der Waals surface area (Å²) < 4.78 is 29.5. The molecule has 7 heteroatoms. The van der Waals surface area contributed by atoms with Gasteiger partial charge in [-0.3, -0.25) is 4.79 Å². The predicted molar refractivity (Wildman–Crippen MR) is 110 cm³/mol. The molecule has 2 N–H and O–H groups in total. The van der Waals surface area contributed by atoms with Crippen LogP contribution < -0.4 is 5.32 Å². The summed E-state index contributed by atoms with van der Waals surface area (Å²) in [5.74, 6) is -3.02. The largest absolute Gasteiger partial charge is 0.390 e. The fraction of sp³-hybridized carbons (Fsp3) is 0.591. The molecule has 2 fully saturated rings. The van der Waals surface area contributed by atoms with Gasteiger partial charge in [-0.1, -0.05) is 17.7 Å². The lowest BCUT2D eigenvalue weighted by Crippen LogP contribution is -2.41. The Bertz CT molecular complexity index is 908. The van der Waals surface area contributed by atoms with E-state index in [1.165, 1.54) is 0 Å². The summed E-state index contributed by atoms with van der Waals surface area (Å²) in [5.41, 5.74) is -0.0694. The van der Waals surface area contributed by atoms with Crippen molar-refractivity contribution in [1.82, 2.24) is 9.88 Å². The Morgan fingerprint density at radius 2 is 2.14 bits per heavy atom. The maximum atomic E-state index is 13.7. The summed E-state index contributed by atoms with van der Waals surface area (Å²) in [6.45, 7) is 1.75. The lowest BCUT2D eigenvalue weighted by molar-refractivity contribution is -0.126. The molecule has 2 heterocycles. The van der Waals surface area contributed by atoms with E-state index in [-0.39, 0.29) is 31.5 Å². The van der Waals surface area contributed by atoms with Crippen LogP contribution in [0.1, 0.15) is 61.7 Å². The summed E-state index contributed by atoms with van der Waals surface area (Å²) in [5, 5.41) is 15.3. The molecule has 158 valence electrons. The Kier molecular flexibility index (Phi) is 5.70. The summed E-state index contributed by atoms with van der Waals surface area (Å²) in [6, 6.07) is 5.93. The van der Waals surface area contributed by atoms with Crippen molar-refractivity contribution in [1.29, 1.82) is 0 Å². The van der Waals surface area contributed by atoms with Gasteiger partial charge in [-0.05, 0) is 50.8 Å². The number of carbonyl (C=O) groups is 1. The van der Waals surface area contributed by atoms with Crippen molar-refractivity contribution in [2.75, 3.05) is 6.54 Å². The Morgan fingerprint density at radius 3 is 2.86 bits per heavy atom. The molecule has 0 radical (unpaired) electrons. The molecule has 0 bridgehead atoms. The van der Waals surface area contributed by atoms with E-state index in [9.17, 15) is 18.7 Å². The zero-order valence-corrected chi connectivity index (χ0v) is 17.2. The Balaban J connectivity index is 1.55. The first-order valence-corrected chi connectivity index (χ1v) is 10.8. The van der Waals surface area contributed by atoms with Crippen LogP contribution in [0.3, 0.4) is 0 Å². The van der Waals surface area contributed by atoms with Crippen LogP contribution in [-0.4, -0.2) is 39.6 Å². The molecule has 2 unspecified atom stereocenters. The second-order valence-electron chi connectivity index (χ2n) is 8.66. The number of carbonyl (C=O) groups excluding carboxylic acids is 1. The normalized spacial score (nSPS) is 26.8. The molecule has 0 amide bonds. The number of ketones is 1. The summed E-state index contributed by atoms with van der Waals surface area (Å²) in [6.07, 6.45) is 3.96. The number of Topliss-reactive ketones (excluding diaryl/α,β-unsaturated/α-hetero) is 1. The molecule has 1 aromatic carbocycles. The average molecular weight is 425 g/mol. The van der Waals surface area contributed by atoms with Crippen molar-refractivity contribution in [3.8, 4) is 0 Å². The van der Waals surface area contributed by atoms with Gasteiger partial charge in [0, 0.05) is 49.0 Å². The Morgan fingerprint density at radius 1 is 1.31 bits per heavy atom. The van der Waals surface area contributed by atoms with E-state index in [1.807, 2.05) is 18.3 Å². The number of aliphatic hydroxyl groups is 1. The van der Waals surface area contributed by atoms with Gasteiger partial charge in [0.25, 0.3) is 5.92 Å². The van der Waals surface area contributed by atoms with E-state index < -0.39 is 17.9 Å². The molecule has 2 atom stereocenters. The summed E-state index contributed by atoms with van der Waals surface area (Å²) in [4.78, 5) is 13.0. The fourth-order valence-electron chi connectivity index (χ4n) is 4.85. The molecule has 4 nitrogen and oxygen atoms in total. The van der Waals surface area contributed by atoms with Crippen LogP contribution in [0.15, 0.2) is 24.4 Å². The van der Waals surface area contributed by atoms with Crippen molar-refractivity contribution in [3.63, 3.8) is 0 Å². The van der Waals surface area contributed by atoms with Gasteiger partial charge in [-0.15, -0.1) is 0 Å². The second kappa shape index (κ2) is 7.97. The van der Waals surface area contributed by atoms with Crippen LogP contribution in [0, 0.1) is 0 Å². The number of rotatable bonds is 6. The van der Waals surface area contributed by atoms with Gasteiger partial charge in [0.05, 0.1) is 16.1 Å². The molecular weight excluding hydrogens is 398 g/mol. The van der Waals surface area contributed by atoms with Crippen LogP contribution in [0.2, 0.25) is 5.02 Å². The highest BCUT2D eigenvalue weighted by Crippen LogP contribution is 2.41. The first-order valence-electron chi connectivity index (χ1n) is 10.4. The van der Waals surface area contributed by atoms with Crippen LogP contribution in [0.4, 0.5) is 8.78 Å². The Labute approximate surface area is 174 Å². The summed E-state index contributed by atoms with van der Waals surface area (Å²) in [7, 11) is 0. The lowest BCUT2D eigenvalue weighted by Gasteiger charge is -2.36. The number of nitrogens with zero attached hydrogens (tertiary/aromatic N) is 1. The van der Waals surface area contributed by atoms with Crippen LogP contribution >= 0.6 is 11.6 Å². The molecule has 1 aliphatic heterocycles. The van der Waals surface area contributed by atoms with Crippen molar-refractivity contribution in [2.45, 2.75) is 75.5 Å². The number of hydrogen-bond acceptors (Lipinski definition) is 3. The third-order valence-corrected chi connectivity index (χ3v) is 6.64. The number of hydrogen-bond donors (Lipinski definition) is 2. The predicted octanol–water partition coefficient (Wildman–Crippen LogP) is 4.95. The van der Waals surface area contributed by atoms with Crippen LogP contribution in [0.5, 0.6) is 0 Å². The number of aromatic nitrogens is 1. The zero-order valence-electron chi connectivity index (χ0n) is 16.4. The van der Waals surface area contributed by atoms with E-state index in [0.29, 0.717) is 28.4 Å². The minimum atomic E-state index is -2.86. The standard InChI is InChI=1S/C22H27ClF2N2O2/c23-17-5-1-6-18-20(17)16(13-27(18)12-15-4-2-11-26-15)19(28)7-10-21(29)8-3-9-22(24,25)14-21/h1,5-6,13,15,26,29H,2-4,7-12,14H2. The van der Waals surface area contributed by atoms with E-state index in [4.69, 9.17) is 11.6 Å². The molecule has 2 aliphatic rings. The van der Waals surface area contributed by atoms with E-state index in [0.717, 1.165) is 31.4 Å². The maximum Gasteiger partial charge on any atom is 0.250 e. The maximum absolute atomic E-state index is 13.7. The second-order valence-corrected chi connectivity index (χ2v) is 9.06. The SMILES string of the molecule is O=C(CCC1(O)CCCC(F)(F)C1)c1cn(CC2CCCN2)c2cccc(Cl)c12. The summed E-state index contributed by atoms with van der Waals surface area (Å²) >= 11 is 6.42. The number of alkyl halides is 2. The first-order chi connectivity index (χ1) is 13.8. The monoisotopic (exact) mass is 424 g/mol. The topological polar surface area (TPSA) is 54.3 Å². The molecule has 0 spiro atoms. The molecule has 1 aliphatic carbocycles. The first kappa shape index (κ1) is 20.8. The lowest BCUT2D eigenvalue weighted by atomic mass is 9.79. The number of fused-ring (bicyclic) bond motifs is 1. The van der Waals surface area contributed by atoms with Crippen molar-refractivity contribution >= 4 is 28.3 Å². The average Bonchev–Trinajstić information content (AvgIpc) is 3.28. The Hall–Kier alpha value is -1.50. The van der Waals surface area contributed by atoms with Gasteiger partial charge in [-0.25, -0.2) is 8.78 Å². The number of nitrogens with one attached hydrogen (secondary N) is 1. The molecule has 1 aromatic heterocycles. The smallest absolute Gasteiger partial charge is 0.250 e. The third kappa shape index (κ3) is 4.49. The quantitative estimate of drug-likeness (QED) is 0.645. The highest BCUT2D eigenvalue weighted by Gasteiger charge is 2.44. The minimum Gasteiger partial charge on any atom is -0.390 e. The van der Waals surface area contributed by atoms with Crippen molar-refractivity contribution < 1.29 is 18.7 Å². The minimum absolute atomic E-state index is 0.0264. The number of halogens is 3. The van der Waals surface area contributed by atoms with Gasteiger partial charge >= 0.3 is 0 Å². The van der Waals surface area contributed by atoms with Crippen molar-refractivity contribution in [2.24, 2.45) is 0 Å². The molecular formula is C22H27ClF2N2O2. The third-order valence-electron chi connectivity index (χ3n) is 6.32. The molecule has 1 saturated carbocycles. The highest BCUT2D eigenvalue weighted by atomic mass is 35.5. The zero-order chi connectivity index (χ0) is 20.6.